The molecule has 1 atom stereocenters. The highest BCUT2D eigenvalue weighted by molar-refractivity contribution is 5.42. The molecule has 132 valence electrons. The van der Waals surface area contributed by atoms with Gasteiger partial charge < -0.3 is 9.84 Å². The predicted molar refractivity (Wildman–Crippen MR) is 98.1 cm³/mol. The molecule has 1 aromatic carbocycles. The van der Waals surface area contributed by atoms with E-state index < -0.39 is 0 Å². The Morgan fingerprint density at radius 2 is 1.92 bits per heavy atom. The Bertz CT molecular complexity index is 619. The maximum absolute atomic E-state index is 9.95. The van der Waals surface area contributed by atoms with Gasteiger partial charge in [-0.05, 0) is 56.1 Å². The second-order valence-electron chi connectivity index (χ2n) is 8.86. The first-order chi connectivity index (χ1) is 11.2. The molecule has 2 fully saturated rings. The summed E-state index contributed by atoms with van der Waals surface area (Å²) in [5.41, 5.74) is 2.65. The summed E-state index contributed by atoms with van der Waals surface area (Å²) in [5.74, 6) is 1.36. The Morgan fingerprint density at radius 3 is 2.42 bits per heavy atom. The number of ether oxygens (including phenoxy) is 1. The first kappa shape index (κ1) is 17.3. The number of aliphatic hydroxyl groups excluding tert-OH is 1. The van der Waals surface area contributed by atoms with E-state index in [-0.39, 0.29) is 17.1 Å². The SMILES string of the molecule is CC1CN(C(/C(=C\O)OC(C)(C)C)c2ccccc2C2(C)CC2)C1. The zero-order valence-corrected chi connectivity index (χ0v) is 15.7. The average molecular weight is 329 g/mol. The topological polar surface area (TPSA) is 32.7 Å². The van der Waals surface area contributed by atoms with Crippen molar-refractivity contribution < 1.29 is 9.84 Å². The normalized spacial score (nSPS) is 22.8. The lowest BCUT2D eigenvalue weighted by Crippen LogP contribution is -2.48. The van der Waals surface area contributed by atoms with Crippen LogP contribution in [0.5, 0.6) is 0 Å². The van der Waals surface area contributed by atoms with Crippen molar-refractivity contribution >= 4 is 0 Å². The van der Waals surface area contributed by atoms with E-state index in [1.165, 1.54) is 30.2 Å². The Hall–Kier alpha value is -1.48. The summed E-state index contributed by atoms with van der Waals surface area (Å²) in [6, 6.07) is 8.70. The smallest absolute Gasteiger partial charge is 0.152 e. The van der Waals surface area contributed by atoms with E-state index in [4.69, 9.17) is 4.74 Å². The van der Waals surface area contributed by atoms with Crippen LogP contribution in [0.4, 0.5) is 0 Å². The third-order valence-corrected chi connectivity index (χ3v) is 5.18. The van der Waals surface area contributed by atoms with Crippen LogP contribution < -0.4 is 0 Å². The lowest BCUT2D eigenvalue weighted by molar-refractivity contribution is -0.0114. The van der Waals surface area contributed by atoms with Crippen LogP contribution in [0.1, 0.15) is 64.6 Å². The number of hydrogen-bond acceptors (Lipinski definition) is 3. The molecule has 2 aliphatic rings. The summed E-state index contributed by atoms with van der Waals surface area (Å²) < 4.78 is 6.15. The Kier molecular flexibility index (Phi) is 4.41. The molecule has 1 heterocycles. The third-order valence-electron chi connectivity index (χ3n) is 5.18. The van der Waals surface area contributed by atoms with Gasteiger partial charge in [0.25, 0.3) is 0 Å². The van der Waals surface area contributed by atoms with E-state index in [1.54, 1.807) is 0 Å². The van der Waals surface area contributed by atoms with Crippen LogP contribution in [0.2, 0.25) is 0 Å². The largest absolute Gasteiger partial charge is 0.512 e. The molecule has 3 heteroatoms. The van der Waals surface area contributed by atoms with Gasteiger partial charge in [-0.1, -0.05) is 38.1 Å². The zero-order valence-electron chi connectivity index (χ0n) is 15.7. The molecule has 0 bridgehead atoms. The van der Waals surface area contributed by atoms with Gasteiger partial charge in [0.2, 0.25) is 0 Å². The lowest BCUT2D eigenvalue weighted by Gasteiger charge is -2.45. The number of benzene rings is 1. The fraction of sp³-hybridized carbons (Fsp3) is 0.619. The third kappa shape index (κ3) is 3.46. The van der Waals surface area contributed by atoms with Crippen LogP contribution in [0.25, 0.3) is 0 Å². The number of aliphatic hydroxyl groups is 1. The van der Waals surface area contributed by atoms with Crippen molar-refractivity contribution in [2.75, 3.05) is 13.1 Å². The fourth-order valence-corrected chi connectivity index (χ4v) is 3.74. The molecule has 1 saturated carbocycles. The summed E-state index contributed by atoms with van der Waals surface area (Å²) in [7, 11) is 0. The minimum absolute atomic E-state index is 0.000880. The van der Waals surface area contributed by atoms with Gasteiger partial charge in [0.05, 0.1) is 6.04 Å². The highest BCUT2D eigenvalue weighted by Gasteiger charge is 2.44. The van der Waals surface area contributed by atoms with Gasteiger partial charge in [0.15, 0.2) is 5.76 Å². The van der Waals surface area contributed by atoms with Crippen LogP contribution in [0, 0.1) is 5.92 Å². The molecule has 24 heavy (non-hydrogen) atoms. The molecular weight excluding hydrogens is 298 g/mol. The maximum Gasteiger partial charge on any atom is 0.152 e. The molecule has 1 aliphatic heterocycles. The second-order valence-corrected chi connectivity index (χ2v) is 8.86. The van der Waals surface area contributed by atoms with E-state index in [1.807, 2.05) is 20.8 Å². The van der Waals surface area contributed by atoms with Crippen molar-refractivity contribution in [1.29, 1.82) is 0 Å². The van der Waals surface area contributed by atoms with Crippen molar-refractivity contribution in [1.82, 2.24) is 4.90 Å². The molecule has 0 spiro atoms. The average Bonchev–Trinajstić information content (AvgIpc) is 3.23. The van der Waals surface area contributed by atoms with Crippen LogP contribution in [0.15, 0.2) is 36.3 Å². The maximum atomic E-state index is 9.95. The van der Waals surface area contributed by atoms with Crippen molar-refractivity contribution in [3.05, 3.63) is 47.4 Å². The minimum atomic E-state index is -0.332. The van der Waals surface area contributed by atoms with Gasteiger partial charge in [0, 0.05) is 13.1 Å². The molecule has 0 radical (unpaired) electrons. The summed E-state index contributed by atoms with van der Waals surface area (Å²) >= 11 is 0. The van der Waals surface area contributed by atoms with Crippen LogP contribution in [-0.4, -0.2) is 28.7 Å². The van der Waals surface area contributed by atoms with E-state index in [0.29, 0.717) is 11.7 Å². The second kappa shape index (κ2) is 6.11. The lowest BCUT2D eigenvalue weighted by atomic mass is 9.86. The molecule has 1 saturated heterocycles. The van der Waals surface area contributed by atoms with Gasteiger partial charge in [-0.15, -0.1) is 0 Å². The monoisotopic (exact) mass is 329 g/mol. The van der Waals surface area contributed by atoms with E-state index in [9.17, 15) is 5.11 Å². The standard InChI is InChI=1S/C21H31NO2/c1-15-12-22(13-15)19(18(14-23)24-20(2,3)4)16-8-6-7-9-17(16)21(5)10-11-21/h6-9,14-15,19,23H,10-13H2,1-5H3/b18-14+. The predicted octanol–water partition coefficient (Wildman–Crippen LogP) is 4.95. The highest BCUT2D eigenvalue weighted by Crippen LogP contribution is 2.51. The van der Waals surface area contributed by atoms with Gasteiger partial charge in [-0.3, -0.25) is 4.90 Å². The van der Waals surface area contributed by atoms with Crippen LogP contribution in [-0.2, 0) is 10.2 Å². The van der Waals surface area contributed by atoms with Gasteiger partial charge in [-0.25, -0.2) is 0 Å². The van der Waals surface area contributed by atoms with Gasteiger partial charge in [0.1, 0.15) is 11.9 Å². The fourth-order valence-electron chi connectivity index (χ4n) is 3.74. The van der Waals surface area contributed by atoms with Crippen molar-refractivity contribution in [2.24, 2.45) is 5.92 Å². The minimum Gasteiger partial charge on any atom is -0.512 e. The van der Waals surface area contributed by atoms with Crippen LogP contribution >= 0.6 is 0 Å². The quantitative estimate of drug-likeness (QED) is 0.776. The van der Waals surface area contributed by atoms with E-state index in [0.717, 1.165) is 13.1 Å². The number of nitrogens with zero attached hydrogens (tertiary/aromatic N) is 1. The number of hydrogen-bond donors (Lipinski definition) is 1. The molecule has 3 nitrogen and oxygen atoms in total. The molecule has 1 aromatic rings. The Balaban J connectivity index is 2.00. The summed E-state index contributed by atoms with van der Waals surface area (Å²) in [6.45, 7) is 12.8. The first-order valence-corrected chi connectivity index (χ1v) is 9.10. The van der Waals surface area contributed by atoms with Crippen LogP contribution in [0.3, 0.4) is 0 Å². The summed E-state index contributed by atoms with van der Waals surface area (Å²) in [4.78, 5) is 2.42. The van der Waals surface area contributed by atoms with Gasteiger partial charge >= 0.3 is 0 Å². The zero-order chi connectivity index (χ0) is 17.5. The molecule has 0 amide bonds. The Labute approximate surface area is 146 Å². The van der Waals surface area contributed by atoms with Crippen molar-refractivity contribution in [2.45, 2.75) is 64.5 Å². The molecule has 1 unspecified atom stereocenters. The van der Waals surface area contributed by atoms with E-state index >= 15 is 0 Å². The highest BCUT2D eigenvalue weighted by atomic mass is 16.5. The van der Waals surface area contributed by atoms with Gasteiger partial charge in [-0.2, -0.15) is 0 Å². The number of likely N-dealkylation sites (tertiary alicyclic amines) is 1. The Morgan fingerprint density at radius 1 is 1.29 bits per heavy atom. The molecule has 0 aromatic heterocycles. The molecule has 3 rings (SSSR count). The first-order valence-electron chi connectivity index (χ1n) is 9.10. The summed E-state index contributed by atoms with van der Waals surface area (Å²) in [5, 5.41) is 9.95. The summed E-state index contributed by atoms with van der Waals surface area (Å²) in [6.07, 6.45) is 3.65. The number of rotatable bonds is 5. The molecular formula is C21H31NO2. The molecule has 1 aliphatic carbocycles. The van der Waals surface area contributed by atoms with E-state index in [2.05, 4.69) is 43.0 Å². The van der Waals surface area contributed by atoms with Crippen molar-refractivity contribution in [3.8, 4) is 0 Å². The van der Waals surface area contributed by atoms with Crippen molar-refractivity contribution in [3.63, 3.8) is 0 Å². The molecule has 1 N–H and O–H groups in total.